The van der Waals surface area contributed by atoms with Crippen LogP contribution in [0.2, 0.25) is 0 Å². The highest BCUT2D eigenvalue weighted by atomic mass is 16.4. The molecule has 3 heteroatoms. The normalized spacial score (nSPS) is 31.4. The molecular formula is C13H15NO2. The summed E-state index contributed by atoms with van der Waals surface area (Å²) in [6.07, 6.45) is 1.85. The number of anilines is 1. The Hall–Kier alpha value is -1.51. The first-order valence-corrected chi connectivity index (χ1v) is 5.83. The van der Waals surface area contributed by atoms with Gasteiger partial charge < -0.3 is 10.4 Å². The number of benzene rings is 1. The second kappa shape index (κ2) is 3.51. The maximum atomic E-state index is 11.2. The van der Waals surface area contributed by atoms with Crippen LogP contribution in [0.3, 0.4) is 0 Å². The Morgan fingerprint density at radius 1 is 1.31 bits per heavy atom. The lowest BCUT2D eigenvalue weighted by atomic mass is 9.80. The first-order valence-electron chi connectivity index (χ1n) is 5.83. The van der Waals surface area contributed by atoms with E-state index in [0.29, 0.717) is 5.92 Å². The molecule has 1 aliphatic carbocycles. The molecule has 1 saturated carbocycles. The topological polar surface area (TPSA) is 49.3 Å². The Balaban J connectivity index is 2.04. The summed E-state index contributed by atoms with van der Waals surface area (Å²) in [5.74, 6) is -0.108. The van der Waals surface area contributed by atoms with E-state index in [1.165, 1.54) is 5.56 Å². The molecule has 1 aromatic carbocycles. The van der Waals surface area contributed by atoms with Gasteiger partial charge >= 0.3 is 5.97 Å². The van der Waals surface area contributed by atoms with Gasteiger partial charge in [0.05, 0.1) is 5.92 Å². The third-order valence-corrected chi connectivity index (χ3v) is 3.98. The van der Waals surface area contributed by atoms with Crippen molar-refractivity contribution in [2.75, 3.05) is 11.9 Å². The Bertz CT molecular complexity index is 430. The predicted octanol–water partition coefficient (Wildman–Crippen LogP) is 2.31. The van der Waals surface area contributed by atoms with Crippen LogP contribution in [0.5, 0.6) is 0 Å². The summed E-state index contributed by atoms with van der Waals surface area (Å²) in [6, 6.07) is 8.11. The van der Waals surface area contributed by atoms with Crippen molar-refractivity contribution in [2.24, 2.45) is 11.8 Å². The van der Waals surface area contributed by atoms with Gasteiger partial charge in [-0.25, -0.2) is 0 Å². The van der Waals surface area contributed by atoms with Gasteiger partial charge in [-0.05, 0) is 30.4 Å². The molecule has 1 heterocycles. The first kappa shape index (κ1) is 9.70. The van der Waals surface area contributed by atoms with Gasteiger partial charge in [0.1, 0.15) is 0 Å². The maximum absolute atomic E-state index is 11.2. The highest BCUT2D eigenvalue weighted by Gasteiger charge is 2.43. The van der Waals surface area contributed by atoms with Gasteiger partial charge in [0.2, 0.25) is 0 Å². The van der Waals surface area contributed by atoms with E-state index in [2.05, 4.69) is 11.4 Å². The standard InChI is InChI=1S/C13H15NO2/c15-13(16)10-6-5-8-7-14-11-4-2-1-3-9(11)12(8)10/h1-4,8,10,12,14H,5-7H2,(H,15,16). The lowest BCUT2D eigenvalue weighted by Crippen LogP contribution is -2.29. The van der Waals surface area contributed by atoms with Gasteiger partial charge in [0, 0.05) is 18.2 Å². The summed E-state index contributed by atoms with van der Waals surface area (Å²) in [7, 11) is 0. The largest absolute Gasteiger partial charge is 0.481 e. The second-order valence-electron chi connectivity index (χ2n) is 4.78. The smallest absolute Gasteiger partial charge is 0.307 e. The molecule has 0 aromatic heterocycles. The number of para-hydroxylation sites is 1. The molecule has 2 N–H and O–H groups in total. The molecule has 0 bridgehead atoms. The van der Waals surface area contributed by atoms with Crippen LogP contribution in [0.4, 0.5) is 5.69 Å². The molecule has 3 rings (SSSR count). The molecule has 0 radical (unpaired) electrons. The molecule has 3 unspecified atom stereocenters. The molecule has 1 aliphatic heterocycles. The van der Waals surface area contributed by atoms with Crippen LogP contribution in [0, 0.1) is 11.8 Å². The summed E-state index contributed by atoms with van der Waals surface area (Å²) in [4.78, 5) is 11.2. The first-order chi connectivity index (χ1) is 7.77. The number of hydrogen-bond donors (Lipinski definition) is 2. The summed E-state index contributed by atoms with van der Waals surface area (Å²) in [5.41, 5.74) is 2.32. The Morgan fingerprint density at radius 2 is 2.12 bits per heavy atom. The summed E-state index contributed by atoms with van der Waals surface area (Å²) < 4.78 is 0. The minimum atomic E-state index is -0.635. The van der Waals surface area contributed by atoms with Gasteiger partial charge in [-0.1, -0.05) is 18.2 Å². The van der Waals surface area contributed by atoms with Crippen molar-refractivity contribution in [2.45, 2.75) is 18.8 Å². The van der Waals surface area contributed by atoms with Gasteiger partial charge in [-0.3, -0.25) is 4.79 Å². The number of nitrogens with one attached hydrogen (secondary N) is 1. The highest BCUT2D eigenvalue weighted by Crippen LogP contribution is 2.48. The molecule has 1 fully saturated rings. The van der Waals surface area contributed by atoms with Crippen molar-refractivity contribution in [3.8, 4) is 0 Å². The molecule has 16 heavy (non-hydrogen) atoms. The Morgan fingerprint density at radius 3 is 2.94 bits per heavy atom. The van der Waals surface area contributed by atoms with Crippen LogP contribution < -0.4 is 5.32 Å². The van der Waals surface area contributed by atoms with Gasteiger partial charge in [0.15, 0.2) is 0 Å². The number of carbonyl (C=O) groups is 1. The van der Waals surface area contributed by atoms with E-state index >= 15 is 0 Å². The van der Waals surface area contributed by atoms with E-state index in [4.69, 9.17) is 0 Å². The van der Waals surface area contributed by atoms with Crippen molar-refractivity contribution < 1.29 is 9.90 Å². The van der Waals surface area contributed by atoms with E-state index in [0.717, 1.165) is 25.1 Å². The fourth-order valence-corrected chi connectivity index (χ4v) is 3.25. The minimum absolute atomic E-state index is 0.187. The number of hydrogen-bond acceptors (Lipinski definition) is 2. The Kier molecular flexibility index (Phi) is 2.13. The third-order valence-electron chi connectivity index (χ3n) is 3.98. The second-order valence-corrected chi connectivity index (χ2v) is 4.78. The molecule has 84 valence electrons. The average molecular weight is 217 g/mol. The van der Waals surface area contributed by atoms with Crippen LogP contribution in [0.15, 0.2) is 24.3 Å². The average Bonchev–Trinajstić information content (AvgIpc) is 2.73. The molecule has 0 spiro atoms. The van der Waals surface area contributed by atoms with Gasteiger partial charge in [0.25, 0.3) is 0 Å². The molecule has 1 aromatic rings. The molecular weight excluding hydrogens is 202 g/mol. The van der Waals surface area contributed by atoms with Crippen molar-refractivity contribution in [1.82, 2.24) is 0 Å². The SMILES string of the molecule is O=C(O)C1CCC2CNc3ccccc3C21. The van der Waals surface area contributed by atoms with E-state index in [-0.39, 0.29) is 11.8 Å². The zero-order valence-electron chi connectivity index (χ0n) is 9.02. The van der Waals surface area contributed by atoms with E-state index < -0.39 is 5.97 Å². The van der Waals surface area contributed by atoms with Gasteiger partial charge in [-0.2, -0.15) is 0 Å². The highest BCUT2D eigenvalue weighted by molar-refractivity contribution is 5.73. The Labute approximate surface area is 94.5 Å². The molecule has 3 atom stereocenters. The predicted molar refractivity (Wildman–Crippen MR) is 61.5 cm³/mol. The summed E-state index contributed by atoms with van der Waals surface area (Å²) in [6.45, 7) is 0.922. The summed E-state index contributed by atoms with van der Waals surface area (Å²) in [5, 5.41) is 12.7. The quantitative estimate of drug-likeness (QED) is 0.759. The zero-order valence-corrected chi connectivity index (χ0v) is 9.02. The molecule has 0 saturated heterocycles. The van der Waals surface area contributed by atoms with Crippen molar-refractivity contribution in [3.05, 3.63) is 29.8 Å². The monoisotopic (exact) mass is 217 g/mol. The van der Waals surface area contributed by atoms with Crippen molar-refractivity contribution in [1.29, 1.82) is 0 Å². The summed E-state index contributed by atoms with van der Waals surface area (Å²) >= 11 is 0. The van der Waals surface area contributed by atoms with E-state index in [9.17, 15) is 9.90 Å². The number of carboxylic acids is 1. The lowest BCUT2D eigenvalue weighted by molar-refractivity contribution is -0.142. The van der Waals surface area contributed by atoms with Crippen LogP contribution in [-0.2, 0) is 4.79 Å². The molecule has 3 nitrogen and oxygen atoms in total. The fraction of sp³-hybridized carbons (Fsp3) is 0.462. The van der Waals surface area contributed by atoms with Crippen molar-refractivity contribution >= 4 is 11.7 Å². The number of carboxylic acid groups (broad SMARTS) is 1. The maximum Gasteiger partial charge on any atom is 0.307 e. The van der Waals surface area contributed by atoms with E-state index in [1.807, 2.05) is 18.2 Å². The number of fused-ring (bicyclic) bond motifs is 3. The van der Waals surface area contributed by atoms with E-state index in [1.54, 1.807) is 0 Å². The third kappa shape index (κ3) is 1.31. The lowest BCUT2D eigenvalue weighted by Gasteiger charge is -2.31. The molecule has 2 aliphatic rings. The van der Waals surface area contributed by atoms with Crippen molar-refractivity contribution in [3.63, 3.8) is 0 Å². The number of rotatable bonds is 1. The molecule has 0 amide bonds. The van der Waals surface area contributed by atoms with Crippen LogP contribution in [-0.4, -0.2) is 17.6 Å². The number of aliphatic carboxylic acids is 1. The fourth-order valence-electron chi connectivity index (χ4n) is 3.25. The van der Waals surface area contributed by atoms with Crippen LogP contribution >= 0.6 is 0 Å². The van der Waals surface area contributed by atoms with Crippen LogP contribution in [0.25, 0.3) is 0 Å². The van der Waals surface area contributed by atoms with Gasteiger partial charge in [-0.15, -0.1) is 0 Å². The van der Waals surface area contributed by atoms with Crippen LogP contribution in [0.1, 0.15) is 24.3 Å². The minimum Gasteiger partial charge on any atom is -0.481 e. The zero-order chi connectivity index (χ0) is 11.1.